The fraction of sp³-hybridized carbons (Fsp3) is 0.545. The first-order valence-electron chi connectivity index (χ1n) is 5.57. The van der Waals surface area contributed by atoms with Crippen LogP contribution in [0, 0.1) is 0 Å². The number of methoxy groups -OCH3 is 2. The predicted molar refractivity (Wildman–Crippen MR) is 67.2 cm³/mol. The number of carbonyl (C=O) groups excluding carboxylic acids is 1. The second-order valence-electron chi connectivity index (χ2n) is 3.62. The van der Waals surface area contributed by atoms with Crippen LogP contribution >= 0.6 is 0 Å². The molecule has 0 unspecified atom stereocenters. The SMILES string of the molecule is COCCN(CCC(=O)OC)c1ccc(N)nn1. The van der Waals surface area contributed by atoms with Gasteiger partial charge < -0.3 is 20.1 Å². The number of rotatable bonds is 7. The summed E-state index contributed by atoms with van der Waals surface area (Å²) >= 11 is 0. The Kier molecular flexibility index (Phi) is 5.86. The van der Waals surface area contributed by atoms with Gasteiger partial charge in [0.2, 0.25) is 0 Å². The third-order valence-electron chi connectivity index (χ3n) is 2.37. The summed E-state index contributed by atoms with van der Waals surface area (Å²) < 4.78 is 9.63. The number of hydrogen-bond donors (Lipinski definition) is 1. The van der Waals surface area contributed by atoms with Gasteiger partial charge in [0.1, 0.15) is 5.82 Å². The Balaban J connectivity index is 2.64. The maximum atomic E-state index is 11.1. The van der Waals surface area contributed by atoms with Crippen molar-refractivity contribution in [3.63, 3.8) is 0 Å². The minimum atomic E-state index is -0.263. The van der Waals surface area contributed by atoms with Gasteiger partial charge in [-0.25, -0.2) is 0 Å². The third kappa shape index (κ3) is 4.54. The molecule has 0 bridgehead atoms. The van der Waals surface area contributed by atoms with Crippen LogP contribution in [0.5, 0.6) is 0 Å². The Labute approximate surface area is 106 Å². The largest absolute Gasteiger partial charge is 0.469 e. The van der Waals surface area contributed by atoms with Crippen molar-refractivity contribution >= 4 is 17.6 Å². The zero-order valence-corrected chi connectivity index (χ0v) is 10.6. The number of carbonyl (C=O) groups is 1. The Hall–Kier alpha value is -1.89. The fourth-order valence-corrected chi connectivity index (χ4v) is 1.37. The molecule has 0 radical (unpaired) electrons. The molecule has 0 saturated heterocycles. The monoisotopic (exact) mass is 254 g/mol. The molecule has 18 heavy (non-hydrogen) atoms. The standard InChI is InChI=1S/C11H18N4O3/c1-17-8-7-15(6-5-11(16)18-2)10-4-3-9(12)13-14-10/h3-4H,5-8H2,1-2H3,(H2,12,13). The molecule has 7 heteroatoms. The van der Waals surface area contributed by atoms with Crippen LogP contribution in [0.4, 0.5) is 11.6 Å². The number of nitrogens with two attached hydrogens (primary N) is 1. The van der Waals surface area contributed by atoms with E-state index >= 15 is 0 Å². The number of nitrogens with zero attached hydrogens (tertiary/aromatic N) is 3. The van der Waals surface area contributed by atoms with Gasteiger partial charge in [0.15, 0.2) is 5.82 Å². The first kappa shape index (κ1) is 14.2. The summed E-state index contributed by atoms with van der Waals surface area (Å²) in [6.07, 6.45) is 0.284. The maximum Gasteiger partial charge on any atom is 0.307 e. The van der Waals surface area contributed by atoms with Crippen molar-refractivity contribution in [1.82, 2.24) is 10.2 Å². The molecule has 0 aromatic carbocycles. The summed E-state index contributed by atoms with van der Waals surface area (Å²) in [5.74, 6) is 0.754. The highest BCUT2D eigenvalue weighted by Gasteiger charge is 2.11. The molecule has 1 heterocycles. The molecule has 100 valence electrons. The van der Waals surface area contributed by atoms with Gasteiger partial charge in [-0.05, 0) is 12.1 Å². The second-order valence-corrected chi connectivity index (χ2v) is 3.62. The summed E-state index contributed by atoms with van der Waals surface area (Å²) in [7, 11) is 2.98. The minimum absolute atomic E-state index is 0.263. The maximum absolute atomic E-state index is 11.1. The third-order valence-corrected chi connectivity index (χ3v) is 2.37. The molecule has 0 atom stereocenters. The summed E-state index contributed by atoms with van der Waals surface area (Å²) in [6, 6.07) is 3.43. The van der Waals surface area contributed by atoms with E-state index in [2.05, 4.69) is 14.9 Å². The van der Waals surface area contributed by atoms with E-state index < -0.39 is 0 Å². The van der Waals surface area contributed by atoms with Crippen molar-refractivity contribution in [1.29, 1.82) is 0 Å². The summed E-state index contributed by atoms with van der Waals surface area (Å²) in [6.45, 7) is 1.65. The quantitative estimate of drug-likeness (QED) is 0.689. The van der Waals surface area contributed by atoms with Crippen molar-refractivity contribution in [2.75, 3.05) is 44.5 Å². The normalized spacial score (nSPS) is 10.1. The summed E-state index contributed by atoms with van der Waals surface area (Å²) in [5, 5.41) is 7.76. The van der Waals surface area contributed by atoms with E-state index in [1.54, 1.807) is 19.2 Å². The van der Waals surface area contributed by atoms with E-state index in [1.807, 2.05) is 4.90 Å². The molecular weight excluding hydrogens is 236 g/mol. The lowest BCUT2D eigenvalue weighted by Crippen LogP contribution is -2.30. The van der Waals surface area contributed by atoms with Crippen molar-refractivity contribution in [2.24, 2.45) is 0 Å². The van der Waals surface area contributed by atoms with Crippen molar-refractivity contribution in [3.05, 3.63) is 12.1 Å². The second kappa shape index (κ2) is 7.44. The van der Waals surface area contributed by atoms with Crippen LogP contribution < -0.4 is 10.6 Å². The zero-order valence-electron chi connectivity index (χ0n) is 10.6. The Morgan fingerprint density at radius 1 is 1.33 bits per heavy atom. The van der Waals surface area contributed by atoms with E-state index in [0.29, 0.717) is 31.3 Å². The van der Waals surface area contributed by atoms with Gasteiger partial charge in [0, 0.05) is 20.2 Å². The van der Waals surface area contributed by atoms with Crippen LogP contribution in [0.3, 0.4) is 0 Å². The van der Waals surface area contributed by atoms with Crippen molar-refractivity contribution in [2.45, 2.75) is 6.42 Å². The van der Waals surface area contributed by atoms with Crippen LogP contribution in [0.1, 0.15) is 6.42 Å². The smallest absolute Gasteiger partial charge is 0.307 e. The topological polar surface area (TPSA) is 90.6 Å². The molecular formula is C11H18N4O3. The Morgan fingerprint density at radius 2 is 2.11 bits per heavy atom. The van der Waals surface area contributed by atoms with E-state index in [0.717, 1.165) is 0 Å². The van der Waals surface area contributed by atoms with Gasteiger partial charge >= 0.3 is 5.97 Å². The molecule has 0 fully saturated rings. The first-order chi connectivity index (χ1) is 8.67. The average molecular weight is 254 g/mol. The molecule has 7 nitrogen and oxygen atoms in total. The van der Waals surface area contributed by atoms with E-state index in [4.69, 9.17) is 10.5 Å². The lowest BCUT2D eigenvalue weighted by Gasteiger charge is -2.22. The van der Waals surface area contributed by atoms with Crippen molar-refractivity contribution < 1.29 is 14.3 Å². The van der Waals surface area contributed by atoms with Gasteiger partial charge in [0.05, 0.1) is 20.1 Å². The van der Waals surface area contributed by atoms with E-state index in [9.17, 15) is 4.79 Å². The van der Waals surface area contributed by atoms with E-state index in [1.165, 1.54) is 7.11 Å². The van der Waals surface area contributed by atoms with Gasteiger partial charge in [-0.3, -0.25) is 4.79 Å². The molecule has 1 rings (SSSR count). The molecule has 1 aromatic heterocycles. The van der Waals surface area contributed by atoms with Crippen LogP contribution in [-0.2, 0) is 14.3 Å². The lowest BCUT2D eigenvalue weighted by atomic mass is 10.3. The Morgan fingerprint density at radius 3 is 2.67 bits per heavy atom. The highest BCUT2D eigenvalue weighted by molar-refractivity contribution is 5.69. The molecule has 0 saturated carbocycles. The van der Waals surface area contributed by atoms with Gasteiger partial charge in [-0.15, -0.1) is 10.2 Å². The van der Waals surface area contributed by atoms with Gasteiger partial charge in [-0.1, -0.05) is 0 Å². The summed E-state index contributed by atoms with van der Waals surface area (Å²) in [4.78, 5) is 13.0. The number of hydrogen-bond acceptors (Lipinski definition) is 7. The van der Waals surface area contributed by atoms with E-state index in [-0.39, 0.29) is 12.4 Å². The van der Waals surface area contributed by atoms with Crippen molar-refractivity contribution in [3.8, 4) is 0 Å². The lowest BCUT2D eigenvalue weighted by molar-refractivity contribution is -0.140. The highest BCUT2D eigenvalue weighted by atomic mass is 16.5. The molecule has 2 N–H and O–H groups in total. The summed E-state index contributed by atoms with van der Waals surface area (Å²) in [5.41, 5.74) is 5.48. The molecule has 0 aliphatic rings. The number of ether oxygens (including phenoxy) is 2. The van der Waals surface area contributed by atoms with Crippen LogP contribution in [0.2, 0.25) is 0 Å². The molecule has 0 aliphatic carbocycles. The van der Waals surface area contributed by atoms with Gasteiger partial charge in [0.25, 0.3) is 0 Å². The van der Waals surface area contributed by atoms with Gasteiger partial charge in [-0.2, -0.15) is 0 Å². The highest BCUT2D eigenvalue weighted by Crippen LogP contribution is 2.10. The van der Waals surface area contributed by atoms with Crippen LogP contribution in [0.25, 0.3) is 0 Å². The average Bonchev–Trinajstić information content (AvgIpc) is 2.40. The number of esters is 1. The minimum Gasteiger partial charge on any atom is -0.469 e. The Bertz CT molecular complexity index is 369. The number of nitrogen functional groups attached to an aromatic ring is 1. The molecule has 0 spiro atoms. The first-order valence-corrected chi connectivity index (χ1v) is 5.57. The number of anilines is 2. The van der Waals surface area contributed by atoms with Crippen LogP contribution in [-0.4, -0.2) is 50.1 Å². The predicted octanol–water partition coefficient (Wildman–Crippen LogP) is 0.0747. The fourth-order valence-electron chi connectivity index (χ4n) is 1.37. The molecule has 1 aromatic rings. The molecule has 0 amide bonds. The zero-order chi connectivity index (χ0) is 13.4. The molecule has 0 aliphatic heterocycles. The van der Waals surface area contributed by atoms with Crippen LogP contribution in [0.15, 0.2) is 12.1 Å². The number of aromatic nitrogens is 2.